The van der Waals surface area contributed by atoms with Crippen LogP contribution in [-0.2, 0) is 6.42 Å². The Labute approximate surface area is 179 Å². The normalized spacial score (nSPS) is 25.7. The zero-order valence-corrected chi connectivity index (χ0v) is 17.0. The smallest absolute Gasteiger partial charge is 0.176 e. The van der Waals surface area contributed by atoms with Gasteiger partial charge in [0.1, 0.15) is 5.04 Å². The molecule has 2 atom stereocenters. The molecule has 0 radical (unpaired) electrons. The zero-order chi connectivity index (χ0) is 20.6. The van der Waals surface area contributed by atoms with Crippen LogP contribution in [0, 0.1) is 5.41 Å². The van der Waals surface area contributed by atoms with Gasteiger partial charge in [-0.2, -0.15) is 0 Å². The van der Waals surface area contributed by atoms with E-state index < -0.39 is 5.41 Å². The number of hydrogen-bond donors (Lipinski definition) is 1. The Hall–Kier alpha value is -3.18. The molecule has 0 aromatic heterocycles. The molecule has 5 heteroatoms. The van der Waals surface area contributed by atoms with Gasteiger partial charge in [0.05, 0.1) is 22.1 Å². The van der Waals surface area contributed by atoms with Crippen molar-refractivity contribution >= 4 is 33.3 Å². The fourth-order valence-corrected chi connectivity index (χ4v) is 5.94. The number of rotatable bonds is 2. The second-order valence-electron chi connectivity index (χ2n) is 7.59. The van der Waals surface area contributed by atoms with Gasteiger partial charge >= 0.3 is 0 Å². The SMILES string of the molecule is O=C1c2ccccc2CC[C@@]12C(=Nc1ccccc1)S/C(=N\O)[C@@H]2c1ccccc1. The third kappa shape index (κ3) is 2.89. The number of thioether (sulfide) groups is 1. The molecular formula is C25H20N2O2S. The Bertz CT molecular complexity index is 1160. The van der Waals surface area contributed by atoms with Crippen LogP contribution >= 0.6 is 11.8 Å². The van der Waals surface area contributed by atoms with Crippen LogP contribution in [0.2, 0.25) is 0 Å². The van der Waals surface area contributed by atoms with Gasteiger partial charge in [0.2, 0.25) is 0 Å². The average Bonchev–Trinajstić information content (AvgIpc) is 3.11. The molecule has 0 saturated carbocycles. The van der Waals surface area contributed by atoms with Crippen molar-refractivity contribution in [3.05, 3.63) is 102 Å². The molecule has 0 bridgehead atoms. The maximum atomic E-state index is 14.1. The molecule has 3 aromatic carbocycles. The van der Waals surface area contributed by atoms with E-state index in [9.17, 15) is 10.0 Å². The molecule has 0 amide bonds. The standard InChI is InChI=1S/C25H20N2O2S/c28-22-20-14-8-7-9-17(20)15-16-25(22)21(18-10-3-1-4-11-18)23(27-29)30-24(25)26-19-12-5-2-6-13-19/h1-14,21,29H,15-16H2/b26-24?,27-23-/t21-,25-/m0/s1. The predicted octanol–water partition coefficient (Wildman–Crippen LogP) is 5.85. The predicted molar refractivity (Wildman–Crippen MR) is 121 cm³/mol. The van der Waals surface area contributed by atoms with Crippen LogP contribution in [0.3, 0.4) is 0 Å². The van der Waals surface area contributed by atoms with Crippen LogP contribution in [0.1, 0.15) is 33.8 Å². The van der Waals surface area contributed by atoms with Gasteiger partial charge in [0.25, 0.3) is 0 Å². The van der Waals surface area contributed by atoms with E-state index in [1.165, 1.54) is 11.8 Å². The lowest BCUT2D eigenvalue weighted by atomic mass is 9.62. The van der Waals surface area contributed by atoms with Crippen molar-refractivity contribution in [2.24, 2.45) is 15.6 Å². The largest absolute Gasteiger partial charge is 0.410 e. The van der Waals surface area contributed by atoms with E-state index in [0.717, 1.165) is 28.8 Å². The van der Waals surface area contributed by atoms with E-state index in [2.05, 4.69) is 5.16 Å². The summed E-state index contributed by atoms with van der Waals surface area (Å²) in [5.41, 5.74) is 2.68. The summed E-state index contributed by atoms with van der Waals surface area (Å²) in [4.78, 5) is 19.0. The van der Waals surface area contributed by atoms with Gasteiger partial charge in [-0.25, -0.2) is 4.99 Å². The van der Waals surface area contributed by atoms with Crippen molar-refractivity contribution in [2.75, 3.05) is 0 Å². The lowest BCUT2D eigenvalue weighted by Crippen LogP contribution is -2.44. The first-order valence-electron chi connectivity index (χ1n) is 9.96. The van der Waals surface area contributed by atoms with Gasteiger partial charge in [-0.3, -0.25) is 4.79 Å². The first kappa shape index (κ1) is 18.8. The second kappa shape index (κ2) is 7.58. The van der Waals surface area contributed by atoms with Gasteiger partial charge in [0.15, 0.2) is 5.78 Å². The van der Waals surface area contributed by atoms with E-state index in [0.29, 0.717) is 16.5 Å². The first-order valence-corrected chi connectivity index (χ1v) is 10.8. The number of ketones is 1. The number of aryl methyl sites for hydroxylation is 1. The molecule has 0 unspecified atom stereocenters. The molecule has 1 fully saturated rings. The van der Waals surface area contributed by atoms with E-state index in [4.69, 9.17) is 4.99 Å². The summed E-state index contributed by atoms with van der Waals surface area (Å²) in [6, 6.07) is 27.3. The maximum absolute atomic E-state index is 14.1. The molecular weight excluding hydrogens is 392 g/mol. The van der Waals surface area contributed by atoms with E-state index in [1.807, 2.05) is 84.9 Å². The minimum atomic E-state index is -0.877. The number of Topliss-reactive ketones (excluding diaryl/α,β-unsaturated/α-hetero) is 1. The Morgan fingerprint density at radius 2 is 1.57 bits per heavy atom. The number of carbonyl (C=O) groups excluding carboxylic acids is 1. The number of oxime groups is 1. The van der Waals surface area contributed by atoms with Gasteiger partial charge in [0, 0.05) is 5.56 Å². The van der Waals surface area contributed by atoms with Crippen molar-refractivity contribution in [2.45, 2.75) is 18.8 Å². The molecule has 1 aliphatic heterocycles. The molecule has 1 spiro atoms. The quantitative estimate of drug-likeness (QED) is 0.424. The number of para-hydroxylation sites is 1. The summed E-state index contributed by atoms with van der Waals surface area (Å²) in [7, 11) is 0. The third-order valence-electron chi connectivity index (χ3n) is 6.00. The second-order valence-corrected chi connectivity index (χ2v) is 8.60. The molecule has 2 aliphatic rings. The van der Waals surface area contributed by atoms with E-state index in [1.54, 1.807) is 0 Å². The number of hydrogen-bond acceptors (Lipinski definition) is 5. The fraction of sp³-hybridized carbons (Fsp3) is 0.160. The van der Waals surface area contributed by atoms with Crippen LogP contribution in [0.4, 0.5) is 5.69 Å². The van der Waals surface area contributed by atoms with Crippen LogP contribution in [0.5, 0.6) is 0 Å². The summed E-state index contributed by atoms with van der Waals surface area (Å²) in [6.45, 7) is 0. The summed E-state index contributed by atoms with van der Waals surface area (Å²) in [6.07, 6.45) is 1.40. The molecule has 5 rings (SSSR count). The molecule has 30 heavy (non-hydrogen) atoms. The molecule has 1 aliphatic carbocycles. The van der Waals surface area contributed by atoms with Crippen LogP contribution in [-0.4, -0.2) is 21.1 Å². The van der Waals surface area contributed by atoms with Gasteiger partial charge in [-0.1, -0.05) is 89.7 Å². The highest BCUT2D eigenvalue weighted by Crippen LogP contribution is 2.57. The third-order valence-corrected chi connectivity index (χ3v) is 7.17. The molecule has 3 aromatic rings. The van der Waals surface area contributed by atoms with E-state index in [-0.39, 0.29) is 11.7 Å². The van der Waals surface area contributed by atoms with Crippen LogP contribution in [0.15, 0.2) is 95.1 Å². The number of nitrogens with zero attached hydrogens (tertiary/aromatic N) is 2. The van der Waals surface area contributed by atoms with Crippen molar-refractivity contribution < 1.29 is 10.0 Å². The number of carbonyl (C=O) groups is 1. The molecule has 148 valence electrons. The highest BCUT2D eigenvalue weighted by molar-refractivity contribution is 8.27. The Morgan fingerprint density at radius 1 is 0.900 bits per heavy atom. The topological polar surface area (TPSA) is 62.0 Å². The van der Waals surface area contributed by atoms with E-state index >= 15 is 0 Å². The highest BCUT2D eigenvalue weighted by Gasteiger charge is 2.59. The Kier molecular flexibility index (Phi) is 4.75. The van der Waals surface area contributed by atoms with Crippen molar-refractivity contribution in [1.82, 2.24) is 0 Å². The Balaban J connectivity index is 1.75. The first-order chi connectivity index (χ1) is 14.7. The van der Waals surface area contributed by atoms with Crippen LogP contribution in [0.25, 0.3) is 0 Å². The summed E-state index contributed by atoms with van der Waals surface area (Å²) in [5, 5.41) is 14.7. The average molecular weight is 413 g/mol. The van der Waals surface area contributed by atoms with Crippen molar-refractivity contribution in [3.8, 4) is 0 Å². The zero-order valence-electron chi connectivity index (χ0n) is 16.2. The Morgan fingerprint density at radius 3 is 2.30 bits per heavy atom. The fourth-order valence-electron chi connectivity index (χ4n) is 4.60. The van der Waals surface area contributed by atoms with Crippen molar-refractivity contribution in [3.63, 3.8) is 0 Å². The lowest BCUT2D eigenvalue weighted by molar-refractivity contribution is 0.0843. The molecule has 1 saturated heterocycles. The van der Waals surface area contributed by atoms with Crippen molar-refractivity contribution in [1.29, 1.82) is 0 Å². The van der Waals surface area contributed by atoms with Crippen LogP contribution < -0.4 is 0 Å². The van der Waals surface area contributed by atoms with Gasteiger partial charge in [-0.15, -0.1) is 0 Å². The number of benzene rings is 3. The lowest BCUT2D eigenvalue weighted by Gasteiger charge is -2.37. The number of fused-ring (bicyclic) bond motifs is 1. The summed E-state index contributed by atoms with van der Waals surface area (Å²) < 4.78 is 0. The molecule has 4 nitrogen and oxygen atoms in total. The molecule has 1 N–H and O–H groups in total. The molecule has 1 heterocycles. The monoisotopic (exact) mass is 412 g/mol. The minimum Gasteiger partial charge on any atom is -0.410 e. The van der Waals surface area contributed by atoms with Gasteiger partial charge < -0.3 is 5.21 Å². The summed E-state index contributed by atoms with van der Waals surface area (Å²) >= 11 is 1.32. The summed E-state index contributed by atoms with van der Waals surface area (Å²) in [5.74, 6) is -0.309. The number of aliphatic imine (C=N–C) groups is 1. The maximum Gasteiger partial charge on any atom is 0.176 e. The van der Waals surface area contributed by atoms with Gasteiger partial charge in [-0.05, 0) is 36.1 Å². The minimum absolute atomic E-state index is 0.0547. The highest BCUT2D eigenvalue weighted by atomic mass is 32.2.